The van der Waals surface area contributed by atoms with Crippen LogP contribution in [0.15, 0.2) is 41.5 Å². The van der Waals surface area contributed by atoms with Crippen LogP contribution >= 0.6 is 24.0 Å². The normalized spacial score (nSPS) is 15.7. The molecule has 1 aliphatic rings. The second kappa shape index (κ2) is 13.0. The number of likely N-dealkylation sites (tertiary alicyclic amines) is 1. The topological polar surface area (TPSA) is 57.5 Å². The molecule has 0 amide bonds. The van der Waals surface area contributed by atoms with Crippen LogP contribution in [0.4, 0.5) is 4.39 Å². The van der Waals surface area contributed by atoms with Gasteiger partial charge in [0.15, 0.2) is 5.96 Å². The minimum Gasteiger partial charge on any atom is -0.357 e. The SMILES string of the molecule is CCNC(=NCCc1ccn(-c2ccc(F)cc2)n1)NC1CCN(CC(C)C)CC1.I. The smallest absolute Gasteiger partial charge is 0.191 e. The van der Waals surface area contributed by atoms with Gasteiger partial charge in [-0.25, -0.2) is 9.07 Å². The van der Waals surface area contributed by atoms with Crippen LogP contribution in [0.25, 0.3) is 5.69 Å². The molecule has 1 saturated heterocycles. The number of guanidine groups is 1. The zero-order valence-corrected chi connectivity index (χ0v) is 21.2. The van der Waals surface area contributed by atoms with Crippen LogP contribution < -0.4 is 10.6 Å². The van der Waals surface area contributed by atoms with Gasteiger partial charge in [0.2, 0.25) is 0 Å². The number of hydrogen-bond acceptors (Lipinski definition) is 3. The first-order valence-electron chi connectivity index (χ1n) is 11.1. The highest BCUT2D eigenvalue weighted by Gasteiger charge is 2.20. The van der Waals surface area contributed by atoms with E-state index in [1.54, 1.807) is 16.8 Å². The number of benzene rings is 1. The maximum absolute atomic E-state index is 13.1. The molecule has 8 heteroatoms. The lowest BCUT2D eigenvalue weighted by molar-refractivity contribution is 0.187. The van der Waals surface area contributed by atoms with E-state index in [4.69, 9.17) is 4.99 Å². The number of halogens is 2. The summed E-state index contributed by atoms with van der Waals surface area (Å²) < 4.78 is 14.9. The van der Waals surface area contributed by atoms with Crippen LogP contribution in [0.5, 0.6) is 0 Å². The van der Waals surface area contributed by atoms with Crippen LogP contribution in [0.1, 0.15) is 39.3 Å². The number of nitrogens with zero attached hydrogens (tertiary/aromatic N) is 4. The van der Waals surface area contributed by atoms with Crippen molar-refractivity contribution in [2.24, 2.45) is 10.9 Å². The highest BCUT2D eigenvalue weighted by Crippen LogP contribution is 2.12. The Kier molecular flexibility index (Phi) is 10.7. The summed E-state index contributed by atoms with van der Waals surface area (Å²) in [5.41, 5.74) is 1.82. The second-order valence-electron chi connectivity index (χ2n) is 8.35. The van der Waals surface area contributed by atoms with Gasteiger partial charge >= 0.3 is 0 Å². The predicted octanol–water partition coefficient (Wildman–Crippen LogP) is 3.85. The molecular weight excluding hydrogens is 506 g/mol. The average molecular weight is 542 g/mol. The van der Waals surface area contributed by atoms with E-state index in [0.717, 1.165) is 62.2 Å². The first kappa shape index (κ1) is 25.6. The van der Waals surface area contributed by atoms with Gasteiger partial charge in [-0.15, -0.1) is 24.0 Å². The molecule has 0 bridgehead atoms. The third-order valence-corrected chi connectivity index (χ3v) is 5.27. The lowest BCUT2D eigenvalue weighted by Crippen LogP contribution is -2.49. The highest BCUT2D eigenvalue weighted by atomic mass is 127. The molecule has 1 fully saturated rings. The quantitative estimate of drug-likeness (QED) is 0.303. The summed E-state index contributed by atoms with van der Waals surface area (Å²) in [5, 5.41) is 11.5. The van der Waals surface area contributed by atoms with Crippen LogP contribution in [0.3, 0.4) is 0 Å². The Morgan fingerprint density at radius 1 is 1.19 bits per heavy atom. The first-order valence-corrected chi connectivity index (χ1v) is 11.1. The number of piperidine rings is 1. The monoisotopic (exact) mass is 542 g/mol. The van der Waals surface area contributed by atoms with Crippen molar-refractivity contribution in [1.82, 2.24) is 25.3 Å². The first-order chi connectivity index (χ1) is 14.5. The molecule has 172 valence electrons. The van der Waals surface area contributed by atoms with Gasteiger partial charge in [0.05, 0.1) is 11.4 Å². The standard InChI is InChI=1S/C23H35FN6.HI/c1-4-25-23(27-20-10-14-29(15-11-20)17-18(2)3)26-13-9-21-12-16-30(28-21)22-7-5-19(24)6-8-22;/h5-8,12,16,18,20H,4,9-11,13-15,17H2,1-3H3,(H2,25,26,27);1H. The van der Waals surface area contributed by atoms with Crippen LogP contribution in [0, 0.1) is 11.7 Å². The summed E-state index contributed by atoms with van der Waals surface area (Å²) in [6, 6.07) is 8.81. The summed E-state index contributed by atoms with van der Waals surface area (Å²) in [6.07, 6.45) is 4.97. The Hall–Kier alpha value is -1.68. The molecule has 2 N–H and O–H groups in total. The molecule has 0 unspecified atom stereocenters. The summed E-state index contributed by atoms with van der Waals surface area (Å²) in [6.45, 7) is 11.6. The molecule has 0 radical (unpaired) electrons. The minimum absolute atomic E-state index is 0. The van der Waals surface area contributed by atoms with Crippen LogP contribution in [0.2, 0.25) is 0 Å². The van der Waals surface area contributed by atoms with Gasteiger partial charge in [-0.05, 0) is 56.0 Å². The number of hydrogen-bond donors (Lipinski definition) is 2. The van der Waals surface area contributed by atoms with Gasteiger partial charge in [-0.2, -0.15) is 5.10 Å². The van der Waals surface area contributed by atoms with E-state index < -0.39 is 0 Å². The summed E-state index contributed by atoms with van der Waals surface area (Å²) in [7, 11) is 0. The van der Waals surface area contributed by atoms with Crippen molar-refractivity contribution in [2.45, 2.75) is 46.1 Å². The van der Waals surface area contributed by atoms with E-state index in [1.165, 1.54) is 18.7 Å². The van der Waals surface area contributed by atoms with Crippen molar-refractivity contribution in [3.63, 3.8) is 0 Å². The fourth-order valence-electron chi connectivity index (χ4n) is 3.80. The fourth-order valence-corrected chi connectivity index (χ4v) is 3.80. The Bertz CT molecular complexity index is 797. The molecule has 2 heterocycles. The summed E-state index contributed by atoms with van der Waals surface area (Å²) >= 11 is 0. The Balaban J connectivity index is 0.00000341. The molecule has 2 aromatic rings. The van der Waals surface area contributed by atoms with E-state index in [2.05, 4.69) is 41.4 Å². The van der Waals surface area contributed by atoms with Gasteiger partial charge in [0.1, 0.15) is 5.82 Å². The average Bonchev–Trinajstić information content (AvgIpc) is 3.18. The van der Waals surface area contributed by atoms with E-state index in [-0.39, 0.29) is 29.8 Å². The number of aliphatic imine (C=N–C) groups is 1. The van der Waals surface area contributed by atoms with Gasteiger partial charge in [-0.3, -0.25) is 4.99 Å². The lowest BCUT2D eigenvalue weighted by Gasteiger charge is -2.34. The van der Waals surface area contributed by atoms with Gasteiger partial charge in [0.25, 0.3) is 0 Å². The molecule has 0 saturated carbocycles. The zero-order valence-electron chi connectivity index (χ0n) is 18.9. The minimum atomic E-state index is -0.241. The van der Waals surface area contributed by atoms with E-state index >= 15 is 0 Å². The fraction of sp³-hybridized carbons (Fsp3) is 0.565. The molecular formula is C23H36FIN6. The van der Waals surface area contributed by atoms with Crippen LogP contribution in [-0.4, -0.2) is 59.4 Å². The lowest BCUT2D eigenvalue weighted by atomic mass is 10.0. The van der Waals surface area contributed by atoms with E-state index in [9.17, 15) is 4.39 Å². The predicted molar refractivity (Wildman–Crippen MR) is 136 cm³/mol. The molecule has 0 spiro atoms. The number of aromatic nitrogens is 2. The number of rotatable bonds is 8. The highest BCUT2D eigenvalue weighted by molar-refractivity contribution is 14.0. The third kappa shape index (κ3) is 8.40. The number of nitrogens with one attached hydrogen (secondary N) is 2. The molecule has 0 atom stereocenters. The maximum atomic E-state index is 13.1. The molecule has 31 heavy (non-hydrogen) atoms. The van der Waals surface area contributed by atoms with Crippen molar-refractivity contribution in [3.05, 3.63) is 48.0 Å². The molecule has 6 nitrogen and oxygen atoms in total. The van der Waals surface area contributed by atoms with Gasteiger partial charge in [0, 0.05) is 51.4 Å². The van der Waals surface area contributed by atoms with Gasteiger partial charge in [-0.1, -0.05) is 13.8 Å². The zero-order chi connectivity index (χ0) is 21.3. The second-order valence-corrected chi connectivity index (χ2v) is 8.35. The van der Waals surface area contributed by atoms with E-state index in [0.29, 0.717) is 12.6 Å². The van der Waals surface area contributed by atoms with Crippen molar-refractivity contribution in [1.29, 1.82) is 0 Å². The third-order valence-electron chi connectivity index (χ3n) is 5.27. The summed E-state index contributed by atoms with van der Waals surface area (Å²) in [4.78, 5) is 7.31. The maximum Gasteiger partial charge on any atom is 0.191 e. The Morgan fingerprint density at radius 2 is 1.90 bits per heavy atom. The van der Waals surface area contributed by atoms with Crippen molar-refractivity contribution in [3.8, 4) is 5.69 Å². The molecule has 0 aliphatic carbocycles. The molecule has 1 aliphatic heterocycles. The van der Waals surface area contributed by atoms with E-state index in [1.807, 2.05) is 12.3 Å². The van der Waals surface area contributed by atoms with Crippen LogP contribution in [-0.2, 0) is 6.42 Å². The van der Waals surface area contributed by atoms with Crippen molar-refractivity contribution in [2.75, 3.05) is 32.7 Å². The Labute approximate surface area is 202 Å². The van der Waals surface area contributed by atoms with Gasteiger partial charge < -0.3 is 15.5 Å². The molecule has 1 aromatic carbocycles. The molecule has 1 aromatic heterocycles. The molecule has 3 rings (SSSR count). The summed E-state index contributed by atoms with van der Waals surface area (Å²) in [5.74, 6) is 1.37. The van der Waals surface area contributed by atoms with Crippen molar-refractivity contribution >= 4 is 29.9 Å². The Morgan fingerprint density at radius 3 is 2.55 bits per heavy atom. The van der Waals surface area contributed by atoms with Crippen molar-refractivity contribution < 1.29 is 4.39 Å². The largest absolute Gasteiger partial charge is 0.357 e.